The molecule has 1 fully saturated rings. The number of carboxylic acids is 1. The highest BCUT2D eigenvalue weighted by Crippen LogP contribution is 2.03. The summed E-state index contributed by atoms with van der Waals surface area (Å²) in [6, 6.07) is -0.247. The minimum atomic E-state index is -0.759. The zero-order chi connectivity index (χ0) is 12.7. The van der Waals surface area contributed by atoms with Gasteiger partial charge in [-0.2, -0.15) is 0 Å². The highest BCUT2D eigenvalue weighted by molar-refractivity contribution is 5.73. The molecule has 2 N–H and O–H groups in total. The molecule has 0 bridgehead atoms. The number of carboxylic acid groups (broad SMARTS) is 1. The van der Waals surface area contributed by atoms with Crippen molar-refractivity contribution < 1.29 is 14.6 Å². The lowest BCUT2D eigenvalue weighted by molar-refractivity contribution is -0.139. The van der Waals surface area contributed by atoms with E-state index in [-0.39, 0.29) is 6.04 Å². The van der Waals surface area contributed by atoms with Gasteiger partial charge in [0.1, 0.15) is 6.04 Å². The summed E-state index contributed by atoms with van der Waals surface area (Å²) >= 11 is 0. The first-order valence-corrected chi connectivity index (χ1v) is 6.38. The van der Waals surface area contributed by atoms with E-state index < -0.39 is 12.0 Å². The van der Waals surface area contributed by atoms with Gasteiger partial charge in [-0.15, -0.1) is 0 Å². The minimum Gasteiger partial charge on any atom is -0.480 e. The average molecular weight is 244 g/mol. The molecule has 1 heterocycles. The summed E-state index contributed by atoms with van der Waals surface area (Å²) in [5.41, 5.74) is 0. The summed E-state index contributed by atoms with van der Waals surface area (Å²) in [5.74, 6) is -0.759. The van der Waals surface area contributed by atoms with Crippen LogP contribution in [0.2, 0.25) is 0 Å². The van der Waals surface area contributed by atoms with Gasteiger partial charge in [0.05, 0.1) is 6.61 Å². The maximum Gasteiger partial charge on any atom is 0.320 e. The van der Waals surface area contributed by atoms with Crippen LogP contribution < -0.4 is 5.32 Å². The van der Waals surface area contributed by atoms with Gasteiger partial charge in [0.15, 0.2) is 0 Å². The predicted molar refractivity (Wildman–Crippen MR) is 66.2 cm³/mol. The maximum atomic E-state index is 11.1. The first-order chi connectivity index (χ1) is 8.09. The summed E-state index contributed by atoms with van der Waals surface area (Å²) in [5, 5.41) is 12.2. The van der Waals surface area contributed by atoms with Gasteiger partial charge in [-0.05, 0) is 12.8 Å². The van der Waals surface area contributed by atoms with Crippen LogP contribution in [-0.2, 0) is 9.53 Å². The van der Waals surface area contributed by atoms with E-state index in [4.69, 9.17) is 9.84 Å². The van der Waals surface area contributed by atoms with Crippen LogP contribution in [0, 0.1) is 0 Å². The van der Waals surface area contributed by atoms with E-state index in [0.29, 0.717) is 6.42 Å². The second kappa shape index (κ2) is 7.63. The van der Waals surface area contributed by atoms with E-state index in [2.05, 4.69) is 10.2 Å². The van der Waals surface area contributed by atoms with E-state index in [0.717, 1.165) is 39.3 Å². The van der Waals surface area contributed by atoms with Crippen LogP contribution in [0.15, 0.2) is 0 Å². The van der Waals surface area contributed by atoms with Gasteiger partial charge in [0.2, 0.25) is 0 Å². The lowest BCUT2D eigenvalue weighted by Gasteiger charge is -2.23. The minimum absolute atomic E-state index is 0.198. The van der Waals surface area contributed by atoms with Crippen LogP contribution in [0.25, 0.3) is 0 Å². The second-order valence-corrected chi connectivity index (χ2v) is 4.81. The fourth-order valence-corrected chi connectivity index (χ4v) is 2.01. The molecule has 17 heavy (non-hydrogen) atoms. The van der Waals surface area contributed by atoms with Gasteiger partial charge in [-0.25, -0.2) is 0 Å². The fourth-order valence-electron chi connectivity index (χ4n) is 2.01. The summed E-state index contributed by atoms with van der Waals surface area (Å²) in [6.07, 6.45) is 1.68. The Balaban J connectivity index is 2.31. The molecule has 0 aliphatic carbocycles. The molecule has 100 valence electrons. The molecule has 5 nitrogen and oxygen atoms in total. The van der Waals surface area contributed by atoms with Gasteiger partial charge in [0.25, 0.3) is 0 Å². The van der Waals surface area contributed by atoms with Gasteiger partial charge < -0.3 is 20.1 Å². The van der Waals surface area contributed by atoms with Gasteiger partial charge >= 0.3 is 5.97 Å². The first-order valence-electron chi connectivity index (χ1n) is 6.38. The Morgan fingerprint density at radius 2 is 2.18 bits per heavy atom. The second-order valence-electron chi connectivity index (χ2n) is 4.81. The van der Waals surface area contributed by atoms with E-state index in [1.54, 1.807) is 0 Å². The monoisotopic (exact) mass is 244 g/mol. The molecule has 0 spiro atoms. The van der Waals surface area contributed by atoms with E-state index >= 15 is 0 Å². The van der Waals surface area contributed by atoms with Gasteiger partial charge in [0, 0.05) is 32.3 Å². The van der Waals surface area contributed by atoms with Crippen LogP contribution in [0.1, 0.15) is 26.7 Å². The molecular formula is C12H24N2O3. The number of nitrogens with one attached hydrogen (secondary N) is 1. The van der Waals surface area contributed by atoms with Crippen LogP contribution in [-0.4, -0.2) is 60.9 Å². The SMILES string of the molecule is CC(C)NC(CCN1CCCOCC1)C(=O)O. The maximum absolute atomic E-state index is 11.1. The Morgan fingerprint density at radius 3 is 2.82 bits per heavy atom. The number of ether oxygens (including phenoxy) is 1. The smallest absolute Gasteiger partial charge is 0.320 e. The molecule has 0 aromatic heterocycles. The molecule has 1 rings (SSSR count). The zero-order valence-electron chi connectivity index (χ0n) is 10.8. The predicted octanol–water partition coefficient (Wildman–Crippen LogP) is 0.550. The number of hydrogen-bond donors (Lipinski definition) is 2. The quantitative estimate of drug-likeness (QED) is 0.714. The van der Waals surface area contributed by atoms with Crippen molar-refractivity contribution in [1.82, 2.24) is 10.2 Å². The number of rotatable bonds is 6. The highest BCUT2D eigenvalue weighted by atomic mass is 16.5. The van der Waals surface area contributed by atoms with Crippen molar-refractivity contribution in [2.45, 2.75) is 38.8 Å². The van der Waals surface area contributed by atoms with Crippen molar-refractivity contribution in [3.05, 3.63) is 0 Å². The fraction of sp³-hybridized carbons (Fsp3) is 0.917. The van der Waals surface area contributed by atoms with Crippen molar-refractivity contribution in [1.29, 1.82) is 0 Å². The summed E-state index contributed by atoms with van der Waals surface area (Å²) in [6.45, 7) is 8.26. The third-order valence-corrected chi connectivity index (χ3v) is 2.88. The molecule has 1 aliphatic heterocycles. The van der Waals surface area contributed by atoms with Crippen molar-refractivity contribution in [3.8, 4) is 0 Å². The number of nitrogens with zero attached hydrogens (tertiary/aromatic N) is 1. The molecule has 1 atom stereocenters. The van der Waals surface area contributed by atoms with Crippen molar-refractivity contribution >= 4 is 5.97 Å². The van der Waals surface area contributed by atoms with Gasteiger partial charge in [-0.3, -0.25) is 4.79 Å². The number of hydrogen-bond acceptors (Lipinski definition) is 4. The highest BCUT2D eigenvalue weighted by Gasteiger charge is 2.19. The Hall–Kier alpha value is -0.650. The van der Waals surface area contributed by atoms with Crippen LogP contribution in [0.5, 0.6) is 0 Å². The third-order valence-electron chi connectivity index (χ3n) is 2.88. The Labute approximate surface area is 103 Å². The molecule has 0 aromatic carbocycles. The molecule has 1 aliphatic rings. The topological polar surface area (TPSA) is 61.8 Å². The Morgan fingerprint density at radius 1 is 1.41 bits per heavy atom. The standard InChI is InChI=1S/C12H24N2O3/c1-10(2)13-11(12(15)16)4-6-14-5-3-8-17-9-7-14/h10-11,13H,3-9H2,1-2H3,(H,15,16). The van der Waals surface area contributed by atoms with E-state index in [1.165, 1.54) is 0 Å². The molecule has 1 saturated heterocycles. The third kappa shape index (κ3) is 6.00. The average Bonchev–Trinajstić information content (AvgIpc) is 2.51. The zero-order valence-corrected chi connectivity index (χ0v) is 10.8. The van der Waals surface area contributed by atoms with E-state index in [9.17, 15) is 4.79 Å². The van der Waals surface area contributed by atoms with Crippen LogP contribution in [0.3, 0.4) is 0 Å². The molecule has 5 heteroatoms. The lowest BCUT2D eigenvalue weighted by atomic mass is 10.1. The summed E-state index contributed by atoms with van der Waals surface area (Å²) in [4.78, 5) is 13.4. The number of aliphatic carboxylic acids is 1. The van der Waals surface area contributed by atoms with Crippen molar-refractivity contribution in [3.63, 3.8) is 0 Å². The first kappa shape index (κ1) is 14.4. The molecule has 0 radical (unpaired) electrons. The van der Waals surface area contributed by atoms with Gasteiger partial charge in [-0.1, -0.05) is 13.8 Å². The lowest BCUT2D eigenvalue weighted by Crippen LogP contribution is -2.43. The van der Waals surface area contributed by atoms with Crippen molar-refractivity contribution in [2.75, 3.05) is 32.8 Å². The normalized spacial score (nSPS) is 20.2. The summed E-state index contributed by atoms with van der Waals surface area (Å²) < 4.78 is 5.37. The van der Waals surface area contributed by atoms with E-state index in [1.807, 2.05) is 13.8 Å². The Kier molecular flexibility index (Phi) is 6.47. The molecular weight excluding hydrogens is 220 g/mol. The summed E-state index contributed by atoms with van der Waals surface area (Å²) in [7, 11) is 0. The number of carbonyl (C=O) groups is 1. The van der Waals surface area contributed by atoms with Crippen LogP contribution >= 0.6 is 0 Å². The molecule has 0 saturated carbocycles. The Bertz CT molecular complexity index is 226. The van der Waals surface area contributed by atoms with Crippen LogP contribution in [0.4, 0.5) is 0 Å². The molecule has 0 amide bonds. The molecule has 1 unspecified atom stereocenters. The largest absolute Gasteiger partial charge is 0.480 e. The van der Waals surface area contributed by atoms with Crippen molar-refractivity contribution in [2.24, 2.45) is 0 Å². The molecule has 0 aromatic rings.